The lowest BCUT2D eigenvalue weighted by Crippen LogP contribution is -2.29. The molecule has 0 radical (unpaired) electrons. The van der Waals surface area contributed by atoms with Crippen LogP contribution in [-0.2, 0) is 12.7 Å². The number of nitrogens with zero attached hydrogens (tertiary/aromatic N) is 1. The van der Waals surface area contributed by atoms with Crippen molar-refractivity contribution in [2.24, 2.45) is 5.41 Å². The summed E-state index contributed by atoms with van der Waals surface area (Å²) in [6.07, 6.45) is -2.06. The van der Waals surface area contributed by atoms with E-state index >= 15 is 0 Å². The van der Waals surface area contributed by atoms with E-state index < -0.39 is 11.7 Å². The van der Waals surface area contributed by atoms with E-state index in [1.807, 2.05) is 0 Å². The zero-order chi connectivity index (χ0) is 15.1. The van der Waals surface area contributed by atoms with Crippen molar-refractivity contribution in [2.75, 3.05) is 26.2 Å². The SMILES string of the molecule is FC(F)(F)c1ccc(Cl)c(CN2CCC3(CCNC3)C2)c1. The van der Waals surface area contributed by atoms with Crippen LogP contribution in [0.5, 0.6) is 0 Å². The molecule has 0 aliphatic carbocycles. The van der Waals surface area contributed by atoms with E-state index in [0.29, 0.717) is 22.5 Å². The third-order valence-electron chi connectivity index (χ3n) is 4.62. The fourth-order valence-electron chi connectivity index (χ4n) is 3.42. The number of nitrogens with one attached hydrogen (secondary N) is 1. The van der Waals surface area contributed by atoms with Gasteiger partial charge < -0.3 is 5.32 Å². The summed E-state index contributed by atoms with van der Waals surface area (Å²) >= 11 is 6.07. The molecule has 0 bridgehead atoms. The first kappa shape index (κ1) is 15.1. The smallest absolute Gasteiger partial charge is 0.316 e. The normalized spacial score (nSPS) is 26.9. The molecule has 1 unspecified atom stereocenters. The van der Waals surface area contributed by atoms with Gasteiger partial charge >= 0.3 is 6.18 Å². The average molecular weight is 319 g/mol. The highest BCUT2D eigenvalue weighted by Gasteiger charge is 2.40. The minimum atomic E-state index is -4.32. The fourth-order valence-corrected chi connectivity index (χ4v) is 3.60. The van der Waals surface area contributed by atoms with Crippen molar-refractivity contribution in [2.45, 2.75) is 25.6 Å². The van der Waals surface area contributed by atoms with Gasteiger partial charge in [0.25, 0.3) is 0 Å². The summed E-state index contributed by atoms with van der Waals surface area (Å²) in [6.45, 7) is 4.41. The highest BCUT2D eigenvalue weighted by Crippen LogP contribution is 2.38. The second-order valence-electron chi connectivity index (χ2n) is 6.19. The number of likely N-dealkylation sites (tertiary alicyclic amines) is 1. The third-order valence-corrected chi connectivity index (χ3v) is 4.99. The monoisotopic (exact) mass is 318 g/mol. The van der Waals surface area contributed by atoms with Crippen LogP contribution in [0.3, 0.4) is 0 Å². The summed E-state index contributed by atoms with van der Waals surface area (Å²) in [5.41, 5.74) is 0.251. The average Bonchev–Trinajstić information content (AvgIpc) is 3.02. The molecule has 0 saturated carbocycles. The largest absolute Gasteiger partial charge is 0.416 e. The number of hydrogen-bond donors (Lipinski definition) is 1. The van der Waals surface area contributed by atoms with Crippen molar-refractivity contribution in [3.63, 3.8) is 0 Å². The Morgan fingerprint density at radius 3 is 2.76 bits per heavy atom. The van der Waals surface area contributed by atoms with Gasteiger partial charge in [-0.15, -0.1) is 0 Å². The number of halogens is 4. The lowest BCUT2D eigenvalue weighted by atomic mass is 9.86. The summed E-state index contributed by atoms with van der Waals surface area (Å²) in [7, 11) is 0. The maximum Gasteiger partial charge on any atom is 0.416 e. The van der Waals surface area contributed by atoms with Crippen LogP contribution in [0.4, 0.5) is 13.2 Å². The van der Waals surface area contributed by atoms with Crippen LogP contribution < -0.4 is 5.32 Å². The van der Waals surface area contributed by atoms with E-state index in [1.165, 1.54) is 12.1 Å². The Morgan fingerprint density at radius 1 is 1.29 bits per heavy atom. The van der Waals surface area contributed by atoms with Crippen LogP contribution in [0.2, 0.25) is 5.02 Å². The van der Waals surface area contributed by atoms with Gasteiger partial charge in [0.2, 0.25) is 0 Å². The Bertz CT molecular complexity index is 524. The van der Waals surface area contributed by atoms with Crippen molar-refractivity contribution < 1.29 is 13.2 Å². The van der Waals surface area contributed by atoms with Gasteiger partial charge in [0.05, 0.1) is 5.56 Å². The molecule has 2 fully saturated rings. The molecule has 21 heavy (non-hydrogen) atoms. The summed E-state index contributed by atoms with van der Waals surface area (Å²) < 4.78 is 38.4. The molecular weight excluding hydrogens is 301 g/mol. The maximum absolute atomic E-state index is 12.8. The molecule has 6 heteroatoms. The predicted octanol–water partition coefficient (Wildman–Crippen LogP) is 3.54. The van der Waals surface area contributed by atoms with Gasteiger partial charge in [-0.1, -0.05) is 11.6 Å². The molecule has 2 aliphatic rings. The molecule has 1 spiro atoms. The first-order valence-electron chi connectivity index (χ1n) is 7.17. The fraction of sp³-hybridized carbons (Fsp3) is 0.600. The molecule has 0 amide bonds. The lowest BCUT2D eigenvalue weighted by molar-refractivity contribution is -0.137. The van der Waals surface area contributed by atoms with Gasteiger partial charge in [-0.05, 0) is 55.1 Å². The zero-order valence-electron chi connectivity index (χ0n) is 11.6. The molecule has 1 aromatic rings. The van der Waals surface area contributed by atoms with Crippen LogP contribution in [0.25, 0.3) is 0 Å². The molecule has 0 aromatic heterocycles. The number of rotatable bonds is 2. The molecule has 2 nitrogen and oxygen atoms in total. The Labute approximate surface area is 127 Å². The summed E-state index contributed by atoms with van der Waals surface area (Å²) in [5.74, 6) is 0. The molecule has 1 atom stereocenters. The van der Waals surface area contributed by atoms with E-state index in [0.717, 1.165) is 45.1 Å². The quantitative estimate of drug-likeness (QED) is 0.897. The molecule has 116 valence electrons. The second-order valence-corrected chi connectivity index (χ2v) is 6.60. The van der Waals surface area contributed by atoms with Gasteiger partial charge in [0.1, 0.15) is 0 Å². The topological polar surface area (TPSA) is 15.3 Å². The Hall–Kier alpha value is -0.780. The van der Waals surface area contributed by atoms with Gasteiger partial charge in [0.15, 0.2) is 0 Å². The van der Waals surface area contributed by atoms with Crippen molar-refractivity contribution in [1.29, 1.82) is 0 Å². The van der Waals surface area contributed by atoms with Crippen LogP contribution in [0, 0.1) is 5.41 Å². The Morgan fingerprint density at radius 2 is 2.10 bits per heavy atom. The van der Waals surface area contributed by atoms with Crippen molar-refractivity contribution >= 4 is 11.6 Å². The van der Waals surface area contributed by atoms with Gasteiger partial charge in [0, 0.05) is 24.7 Å². The van der Waals surface area contributed by atoms with Crippen molar-refractivity contribution in [3.8, 4) is 0 Å². The lowest BCUT2D eigenvalue weighted by Gasteiger charge is -2.23. The predicted molar refractivity (Wildman–Crippen MR) is 76.3 cm³/mol. The standard InChI is InChI=1S/C15H18ClF3N2/c16-13-2-1-12(15(17,18)19)7-11(13)8-21-6-4-14(10-21)3-5-20-9-14/h1-2,7,20H,3-6,8-10H2. The van der Waals surface area contributed by atoms with E-state index in [2.05, 4.69) is 10.2 Å². The van der Waals surface area contributed by atoms with Gasteiger partial charge in [-0.2, -0.15) is 13.2 Å². The molecule has 1 aromatic carbocycles. The highest BCUT2D eigenvalue weighted by molar-refractivity contribution is 6.31. The number of benzene rings is 1. The van der Waals surface area contributed by atoms with Crippen LogP contribution in [0.1, 0.15) is 24.0 Å². The molecule has 3 rings (SSSR count). The first-order valence-corrected chi connectivity index (χ1v) is 7.55. The molecule has 2 heterocycles. The summed E-state index contributed by atoms with van der Waals surface area (Å²) in [4.78, 5) is 2.22. The maximum atomic E-state index is 12.8. The van der Waals surface area contributed by atoms with E-state index in [9.17, 15) is 13.2 Å². The summed E-state index contributed by atoms with van der Waals surface area (Å²) in [6, 6.07) is 3.57. The molecular formula is C15H18ClF3N2. The Balaban J connectivity index is 1.73. The minimum absolute atomic E-state index is 0.314. The van der Waals surface area contributed by atoms with Crippen LogP contribution >= 0.6 is 11.6 Å². The van der Waals surface area contributed by atoms with Gasteiger partial charge in [-0.25, -0.2) is 0 Å². The van der Waals surface area contributed by atoms with Gasteiger partial charge in [-0.3, -0.25) is 4.90 Å². The van der Waals surface area contributed by atoms with Crippen LogP contribution in [-0.4, -0.2) is 31.1 Å². The van der Waals surface area contributed by atoms with E-state index in [4.69, 9.17) is 11.6 Å². The van der Waals surface area contributed by atoms with Crippen molar-refractivity contribution in [3.05, 3.63) is 34.3 Å². The molecule has 2 saturated heterocycles. The minimum Gasteiger partial charge on any atom is -0.316 e. The highest BCUT2D eigenvalue weighted by atomic mass is 35.5. The summed E-state index contributed by atoms with van der Waals surface area (Å²) in [5, 5.41) is 3.79. The first-order chi connectivity index (χ1) is 9.88. The van der Waals surface area contributed by atoms with Crippen molar-refractivity contribution in [1.82, 2.24) is 10.2 Å². The number of alkyl halides is 3. The zero-order valence-corrected chi connectivity index (χ0v) is 12.4. The van der Waals surface area contributed by atoms with E-state index in [-0.39, 0.29) is 0 Å². The van der Waals surface area contributed by atoms with Crippen LogP contribution in [0.15, 0.2) is 18.2 Å². The molecule has 1 N–H and O–H groups in total. The molecule has 2 aliphatic heterocycles. The third kappa shape index (κ3) is 3.20. The Kier molecular flexibility index (Phi) is 3.93. The van der Waals surface area contributed by atoms with E-state index in [1.54, 1.807) is 0 Å². The number of hydrogen-bond acceptors (Lipinski definition) is 2. The second kappa shape index (κ2) is 5.45.